The summed E-state index contributed by atoms with van der Waals surface area (Å²) in [4.78, 5) is 22.6. The molecule has 1 saturated heterocycles. The Balaban J connectivity index is 0.000000240. The SMILES string of the molecule is CC(C)(C)OC(=O)N1CCCC1.Nc1cc(Br)c(F)cc1[N+](=O)[O-]. The largest absolute Gasteiger partial charge is 0.444 e. The fourth-order valence-corrected chi connectivity index (χ4v) is 2.30. The van der Waals surface area contributed by atoms with Crippen molar-refractivity contribution in [3.63, 3.8) is 0 Å². The molecule has 1 aliphatic heterocycles. The number of amides is 1. The lowest BCUT2D eigenvalue weighted by Crippen LogP contribution is -2.34. The standard InChI is InChI=1S/C9H17NO2.C6H4BrFN2O2/c1-9(2,3)12-8(11)10-6-4-5-7-10;7-3-1-5(9)6(10(11)12)2-4(3)8/h4-7H2,1-3H3;1-2H,9H2. The van der Waals surface area contributed by atoms with Crippen LogP contribution in [0.4, 0.5) is 20.6 Å². The van der Waals surface area contributed by atoms with E-state index in [0.29, 0.717) is 0 Å². The lowest BCUT2D eigenvalue weighted by molar-refractivity contribution is -0.384. The molecule has 9 heteroatoms. The fourth-order valence-electron chi connectivity index (χ4n) is 1.94. The van der Waals surface area contributed by atoms with E-state index in [-0.39, 0.29) is 21.9 Å². The first-order valence-corrected chi connectivity index (χ1v) is 8.17. The van der Waals surface area contributed by atoms with Crippen LogP contribution in [0.15, 0.2) is 16.6 Å². The Labute approximate surface area is 148 Å². The van der Waals surface area contributed by atoms with E-state index in [1.807, 2.05) is 20.8 Å². The van der Waals surface area contributed by atoms with Crippen molar-refractivity contribution in [1.29, 1.82) is 0 Å². The van der Waals surface area contributed by atoms with Crippen LogP contribution in [0.2, 0.25) is 0 Å². The number of nitro groups is 1. The van der Waals surface area contributed by atoms with Crippen LogP contribution in [0.1, 0.15) is 33.6 Å². The highest BCUT2D eigenvalue weighted by molar-refractivity contribution is 9.10. The number of nitro benzene ring substituents is 1. The predicted molar refractivity (Wildman–Crippen MR) is 92.2 cm³/mol. The monoisotopic (exact) mass is 405 g/mol. The molecule has 0 bridgehead atoms. The van der Waals surface area contributed by atoms with E-state index in [4.69, 9.17) is 10.5 Å². The van der Waals surface area contributed by atoms with E-state index in [1.54, 1.807) is 4.90 Å². The van der Waals surface area contributed by atoms with E-state index in [9.17, 15) is 19.3 Å². The number of rotatable bonds is 1. The Morgan fingerprint density at radius 2 is 1.92 bits per heavy atom. The molecule has 2 N–H and O–H groups in total. The van der Waals surface area contributed by atoms with E-state index in [0.717, 1.165) is 38.1 Å². The summed E-state index contributed by atoms with van der Waals surface area (Å²) >= 11 is 2.85. The molecular formula is C15H21BrFN3O4. The van der Waals surface area contributed by atoms with E-state index in [2.05, 4.69) is 15.9 Å². The molecule has 0 unspecified atom stereocenters. The summed E-state index contributed by atoms with van der Waals surface area (Å²) in [5.41, 5.74) is 4.41. The van der Waals surface area contributed by atoms with Crippen LogP contribution in [0, 0.1) is 15.9 Å². The topological polar surface area (TPSA) is 98.7 Å². The van der Waals surface area contributed by atoms with Crippen LogP contribution in [0.5, 0.6) is 0 Å². The zero-order chi connectivity index (χ0) is 18.5. The first-order valence-electron chi connectivity index (χ1n) is 7.38. The van der Waals surface area contributed by atoms with Gasteiger partial charge in [-0.05, 0) is 55.6 Å². The summed E-state index contributed by atoms with van der Waals surface area (Å²) < 4.78 is 18.0. The average molecular weight is 406 g/mol. The van der Waals surface area contributed by atoms with Gasteiger partial charge in [-0.25, -0.2) is 9.18 Å². The number of carbonyl (C=O) groups is 1. The minimum Gasteiger partial charge on any atom is -0.444 e. The summed E-state index contributed by atoms with van der Waals surface area (Å²) in [5, 5.41) is 10.2. The van der Waals surface area contributed by atoms with Gasteiger partial charge in [-0.15, -0.1) is 0 Å². The number of benzene rings is 1. The van der Waals surface area contributed by atoms with Gasteiger partial charge in [-0.2, -0.15) is 0 Å². The van der Waals surface area contributed by atoms with Gasteiger partial charge in [0.15, 0.2) is 0 Å². The van der Waals surface area contributed by atoms with Crippen molar-refractivity contribution in [3.05, 3.63) is 32.5 Å². The average Bonchev–Trinajstić information content (AvgIpc) is 2.95. The molecule has 1 heterocycles. The molecule has 1 aromatic rings. The third kappa shape index (κ3) is 6.31. The Morgan fingerprint density at radius 1 is 1.38 bits per heavy atom. The maximum atomic E-state index is 12.7. The quantitative estimate of drug-likeness (QED) is 0.430. The Hall–Kier alpha value is -1.90. The summed E-state index contributed by atoms with van der Waals surface area (Å²) in [6, 6.07) is 1.94. The number of nitrogens with two attached hydrogens (primary N) is 1. The van der Waals surface area contributed by atoms with Gasteiger partial charge in [0, 0.05) is 13.1 Å². The highest BCUT2D eigenvalue weighted by Crippen LogP contribution is 2.27. The molecule has 0 spiro atoms. The van der Waals surface area contributed by atoms with Crippen LogP contribution >= 0.6 is 15.9 Å². The van der Waals surface area contributed by atoms with Crippen LogP contribution < -0.4 is 5.73 Å². The van der Waals surface area contributed by atoms with Crippen molar-refractivity contribution in [2.45, 2.75) is 39.2 Å². The van der Waals surface area contributed by atoms with Crippen molar-refractivity contribution in [2.24, 2.45) is 0 Å². The van der Waals surface area contributed by atoms with Crippen LogP contribution in [-0.2, 0) is 4.74 Å². The van der Waals surface area contributed by atoms with Gasteiger partial charge in [-0.3, -0.25) is 10.1 Å². The molecule has 0 saturated carbocycles. The van der Waals surface area contributed by atoms with Gasteiger partial charge >= 0.3 is 6.09 Å². The molecule has 1 aliphatic rings. The molecule has 24 heavy (non-hydrogen) atoms. The molecule has 0 aliphatic carbocycles. The number of likely N-dealkylation sites (tertiary alicyclic amines) is 1. The molecule has 1 amide bonds. The number of halogens is 2. The molecule has 0 atom stereocenters. The lowest BCUT2D eigenvalue weighted by Gasteiger charge is -2.23. The second-order valence-corrected chi connectivity index (χ2v) is 7.11. The molecule has 7 nitrogen and oxygen atoms in total. The Bertz CT molecular complexity index is 613. The fraction of sp³-hybridized carbons (Fsp3) is 0.533. The molecule has 1 aromatic carbocycles. The number of ether oxygens (including phenoxy) is 1. The number of nitrogens with zero attached hydrogens (tertiary/aromatic N) is 2. The van der Waals surface area contributed by atoms with Crippen LogP contribution in [0.3, 0.4) is 0 Å². The zero-order valence-corrected chi connectivity index (χ0v) is 15.4. The second kappa shape index (κ2) is 8.27. The highest BCUT2D eigenvalue weighted by Gasteiger charge is 2.23. The van der Waals surface area contributed by atoms with Gasteiger partial charge in [0.05, 0.1) is 15.5 Å². The summed E-state index contributed by atoms with van der Waals surface area (Å²) in [5.74, 6) is -0.698. The number of nitrogen functional groups attached to an aromatic ring is 1. The normalized spacial score (nSPS) is 14.0. The maximum absolute atomic E-state index is 12.7. The van der Waals surface area contributed by atoms with Crippen molar-refractivity contribution >= 4 is 33.4 Å². The van der Waals surface area contributed by atoms with Gasteiger partial charge in [-0.1, -0.05) is 0 Å². The zero-order valence-electron chi connectivity index (χ0n) is 13.8. The number of carbonyl (C=O) groups excluding carboxylic acids is 1. The van der Waals surface area contributed by atoms with Crippen molar-refractivity contribution in [1.82, 2.24) is 4.90 Å². The van der Waals surface area contributed by atoms with E-state index in [1.165, 1.54) is 0 Å². The Kier molecular flexibility index (Phi) is 6.94. The second-order valence-electron chi connectivity index (χ2n) is 6.26. The molecule has 0 radical (unpaired) electrons. The van der Waals surface area contributed by atoms with Gasteiger partial charge in [0.1, 0.15) is 17.1 Å². The van der Waals surface area contributed by atoms with Crippen molar-refractivity contribution in [2.75, 3.05) is 18.8 Å². The van der Waals surface area contributed by atoms with E-state index < -0.39 is 16.4 Å². The van der Waals surface area contributed by atoms with Crippen LogP contribution in [0.25, 0.3) is 0 Å². The Morgan fingerprint density at radius 3 is 2.38 bits per heavy atom. The molecule has 0 aromatic heterocycles. The molecule has 1 fully saturated rings. The molecule has 2 rings (SSSR count). The molecule has 134 valence electrons. The predicted octanol–water partition coefficient (Wildman–Crippen LogP) is 4.10. The number of anilines is 1. The lowest BCUT2D eigenvalue weighted by atomic mass is 10.2. The van der Waals surface area contributed by atoms with Gasteiger partial charge < -0.3 is 15.4 Å². The van der Waals surface area contributed by atoms with Gasteiger partial charge in [0.25, 0.3) is 5.69 Å². The summed E-state index contributed by atoms with van der Waals surface area (Å²) in [6.45, 7) is 7.38. The van der Waals surface area contributed by atoms with Crippen molar-refractivity contribution in [3.8, 4) is 0 Å². The summed E-state index contributed by atoms with van der Waals surface area (Å²) in [7, 11) is 0. The first-order chi connectivity index (χ1) is 11.0. The van der Waals surface area contributed by atoms with Gasteiger partial charge in [0.2, 0.25) is 0 Å². The molecular weight excluding hydrogens is 385 g/mol. The maximum Gasteiger partial charge on any atom is 0.410 e. The highest BCUT2D eigenvalue weighted by atomic mass is 79.9. The minimum atomic E-state index is -0.731. The van der Waals surface area contributed by atoms with Crippen molar-refractivity contribution < 1.29 is 18.8 Å². The third-order valence-electron chi connectivity index (χ3n) is 3.02. The minimum absolute atomic E-state index is 0.0618. The summed E-state index contributed by atoms with van der Waals surface area (Å²) in [6.07, 6.45) is 2.05. The van der Waals surface area contributed by atoms with E-state index >= 15 is 0 Å². The first kappa shape index (κ1) is 20.1. The smallest absolute Gasteiger partial charge is 0.410 e. The number of hydrogen-bond acceptors (Lipinski definition) is 5. The van der Waals surface area contributed by atoms with Crippen LogP contribution in [-0.4, -0.2) is 34.6 Å². The number of hydrogen-bond donors (Lipinski definition) is 1. The third-order valence-corrected chi connectivity index (χ3v) is 3.63.